The molecule has 0 saturated carbocycles. The molecule has 21 heavy (non-hydrogen) atoms. The maximum Gasteiger partial charge on any atom is 0.306 e. The Kier molecular flexibility index (Phi) is 5.56. The molecule has 1 aliphatic rings. The number of nitrogens with one attached hydrogen (secondary N) is 1. The minimum Gasteiger partial charge on any atom is -0.456 e. The van der Waals surface area contributed by atoms with Crippen LogP contribution < -0.4 is 5.32 Å². The molecule has 0 aliphatic heterocycles. The summed E-state index contributed by atoms with van der Waals surface area (Å²) in [4.78, 5) is 23.3. The lowest BCUT2D eigenvalue weighted by Gasteiger charge is -2.09. The fourth-order valence-electron chi connectivity index (χ4n) is 2.20. The number of esters is 1. The van der Waals surface area contributed by atoms with E-state index in [4.69, 9.17) is 4.74 Å². The Balaban J connectivity index is 1.75. The number of allylic oxidation sites excluding steroid dienone is 2. The van der Waals surface area contributed by atoms with E-state index in [-0.39, 0.29) is 24.4 Å². The van der Waals surface area contributed by atoms with E-state index in [0.717, 1.165) is 22.9 Å². The SMILES string of the molecule is Cc1cc(NC(=O)COC(=O)C[C@H]2C=CCC2)ccc1Br. The molecule has 0 spiro atoms. The van der Waals surface area contributed by atoms with Crippen LogP contribution in [0.3, 0.4) is 0 Å². The number of benzene rings is 1. The van der Waals surface area contributed by atoms with Crippen LogP contribution in [0, 0.1) is 12.8 Å². The van der Waals surface area contributed by atoms with E-state index in [2.05, 4.69) is 27.3 Å². The number of anilines is 1. The van der Waals surface area contributed by atoms with Crippen LogP contribution in [0.15, 0.2) is 34.8 Å². The summed E-state index contributed by atoms with van der Waals surface area (Å²) in [7, 11) is 0. The van der Waals surface area contributed by atoms with E-state index in [1.807, 2.05) is 25.1 Å². The fraction of sp³-hybridized carbons (Fsp3) is 0.375. The van der Waals surface area contributed by atoms with Crippen molar-refractivity contribution in [2.24, 2.45) is 5.92 Å². The van der Waals surface area contributed by atoms with Crippen LogP contribution in [-0.2, 0) is 14.3 Å². The number of rotatable bonds is 5. The molecule has 0 saturated heterocycles. The third kappa shape index (κ3) is 5.01. The van der Waals surface area contributed by atoms with Gasteiger partial charge in [-0.05, 0) is 49.4 Å². The molecule has 0 aromatic heterocycles. The van der Waals surface area contributed by atoms with Gasteiger partial charge in [-0.1, -0.05) is 28.1 Å². The van der Waals surface area contributed by atoms with E-state index in [0.29, 0.717) is 12.1 Å². The number of hydrogen-bond donors (Lipinski definition) is 1. The highest BCUT2D eigenvalue weighted by Crippen LogP contribution is 2.21. The molecule has 112 valence electrons. The number of carbonyl (C=O) groups is 2. The summed E-state index contributed by atoms with van der Waals surface area (Å²) >= 11 is 3.40. The van der Waals surface area contributed by atoms with Crippen LogP contribution in [0.2, 0.25) is 0 Å². The Morgan fingerprint density at radius 3 is 2.90 bits per heavy atom. The first-order chi connectivity index (χ1) is 10.0. The van der Waals surface area contributed by atoms with E-state index in [1.54, 1.807) is 6.07 Å². The zero-order valence-corrected chi connectivity index (χ0v) is 13.5. The van der Waals surface area contributed by atoms with Crippen molar-refractivity contribution in [2.45, 2.75) is 26.2 Å². The molecule has 1 aliphatic carbocycles. The third-order valence-corrected chi connectivity index (χ3v) is 4.24. The van der Waals surface area contributed by atoms with Gasteiger partial charge in [0, 0.05) is 10.2 Å². The number of halogens is 1. The average molecular weight is 352 g/mol. The van der Waals surface area contributed by atoms with Crippen LogP contribution in [0.5, 0.6) is 0 Å². The monoisotopic (exact) mass is 351 g/mol. The number of amides is 1. The normalized spacial score (nSPS) is 16.8. The highest BCUT2D eigenvalue weighted by molar-refractivity contribution is 9.10. The van der Waals surface area contributed by atoms with Crippen LogP contribution in [0.4, 0.5) is 5.69 Å². The third-order valence-electron chi connectivity index (χ3n) is 3.35. The van der Waals surface area contributed by atoms with Crippen molar-refractivity contribution < 1.29 is 14.3 Å². The summed E-state index contributed by atoms with van der Waals surface area (Å²) in [6, 6.07) is 5.51. The Hall–Kier alpha value is -1.62. The number of carbonyl (C=O) groups excluding carboxylic acids is 2. The largest absolute Gasteiger partial charge is 0.456 e. The minimum atomic E-state index is -0.327. The lowest BCUT2D eigenvalue weighted by molar-refractivity contribution is -0.147. The fourth-order valence-corrected chi connectivity index (χ4v) is 2.45. The van der Waals surface area contributed by atoms with Crippen molar-refractivity contribution in [3.05, 3.63) is 40.4 Å². The molecule has 0 bridgehead atoms. The lowest BCUT2D eigenvalue weighted by Crippen LogP contribution is -2.21. The summed E-state index contributed by atoms with van der Waals surface area (Å²) in [6.45, 7) is 1.69. The molecule has 0 radical (unpaired) electrons. The summed E-state index contributed by atoms with van der Waals surface area (Å²) in [5.41, 5.74) is 1.72. The Morgan fingerprint density at radius 1 is 1.43 bits per heavy atom. The predicted octanol–water partition coefficient (Wildman–Crippen LogP) is 3.60. The molecule has 1 amide bonds. The van der Waals surface area contributed by atoms with Gasteiger partial charge in [-0.3, -0.25) is 9.59 Å². The van der Waals surface area contributed by atoms with Crippen LogP contribution in [-0.4, -0.2) is 18.5 Å². The van der Waals surface area contributed by atoms with Crippen LogP contribution >= 0.6 is 15.9 Å². The van der Waals surface area contributed by atoms with Gasteiger partial charge < -0.3 is 10.1 Å². The van der Waals surface area contributed by atoms with Crippen molar-refractivity contribution in [1.82, 2.24) is 0 Å². The number of ether oxygens (including phenoxy) is 1. The van der Waals surface area contributed by atoms with Crippen molar-refractivity contribution in [3.63, 3.8) is 0 Å². The average Bonchev–Trinajstić information content (AvgIpc) is 2.93. The van der Waals surface area contributed by atoms with Gasteiger partial charge in [-0.15, -0.1) is 0 Å². The van der Waals surface area contributed by atoms with E-state index in [1.165, 1.54) is 0 Å². The van der Waals surface area contributed by atoms with Gasteiger partial charge in [0.2, 0.25) is 0 Å². The molecule has 1 atom stereocenters. The van der Waals surface area contributed by atoms with Crippen molar-refractivity contribution in [2.75, 3.05) is 11.9 Å². The molecule has 1 N–H and O–H groups in total. The maximum absolute atomic E-state index is 11.7. The molecular weight excluding hydrogens is 334 g/mol. The highest BCUT2D eigenvalue weighted by atomic mass is 79.9. The van der Waals surface area contributed by atoms with Crippen molar-refractivity contribution in [1.29, 1.82) is 0 Å². The van der Waals surface area contributed by atoms with Gasteiger partial charge in [-0.25, -0.2) is 0 Å². The topological polar surface area (TPSA) is 55.4 Å². The summed E-state index contributed by atoms with van der Waals surface area (Å²) in [6.07, 6.45) is 6.45. The molecule has 5 heteroatoms. The zero-order chi connectivity index (χ0) is 15.2. The quantitative estimate of drug-likeness (QED) is 0.651. The van der Waals surface area contributed by atoms with Crippen LogP contribution in [0.1, 0.15) is 24.8 Å². The Labute approximate surface area is 132 Å². The molecule has 1 aromatic carbocycles. The van der Waals surface area contributed by atoms with Crippen molar-refractivity contribution >= 4 is 33.5 Å². The molecular formula is C16H18BrNO3. The van der Waals surface area contributed by atoms with E-state index in [9.17, 15) is 9.59 Å². The zero-order valence-electron chi connectivity index (χ0n) is 11.9. The molecule has 1 aromatic rings. The first-order valence-electron chi connectivity index (χ1n) is 6.93. The predicted molar refractivity (Wildman–Crippen MR) is 84.9 cm³/mol. The lowest BCUT2D eigenvalue weighted by atomic mass is 10.1. The Bertz CT molecular complexity index is 569. The Morgan fingerprint density at radius 2 is 2.24 bits per heavy atom. The standard InChI is InChI=1S/C16H18BrNO3/c1-11-8-13(6-7-14(11)17)18-15(19)10-21-16(20)9-12-4-2-3-5-12/h2,4,6-8,12H,3,5,9-10H2,1H3,(H,18,19)/t12-/m0/s1. The van der Waals surface area contributed by atoms with Gasteiger partial charge in [0.1, 0.15) is 0 Å². The number of aryl methyl sites for hydroxylation is 1. The van der Waals surface area contributed by atoms with Gasteiger partial charge in [0.15, 0.2) is 6.61 Å². The van der Waals surface area contributed by atoms with Gasteiger partial charge >= 0.3 is 5.97 Å². The van der Waals surface area contributed by atoms with E-state index >= 15 is 0 Å². The van der Waals surface area contributed by atoms with E-state index < -0.39 is 0 Å². The maximum atomic E-state index is 11.7. The second kappa shape index (κ2) is 7.41. The van der Waals surface area contributed by atoms with Gasteiger partial charge in [0.25, 0.3) is 5.91 Å². The molecule has 4 nitrogen and oxygen atoms in total. The van der Waals surface area contributed by atoms with Gasteiger partial charge in [-0.2, -0.15) is 0 Å². The van der Waals surface area contributed by atoms with Gasteiger partial charge in [0.05, 0.1) is 6.42 Å². The highest BCUT2D eigenvalue weighted by Gasteiger charge is 2.16. The summed E-state index contributed by atoms with van der Waals surface area (Å²) in [5.74, 6) is -0.393. The molecule has 0 fully saturated rings. The number of hydrogen-bond acceptors (Lipinski definition) is 3. The first-order valence-corrected chi connectivity index (χ1v) is 7.72. The second-order valence-corrected chi connectivity index (χ2v) is 6.00. The molecule has 2 rings (SSSR count). The first kappa shape index (κ1) is 15.8. The molecule has 0 heterocycles. The summed E-state index contributed by atoms with van der Waals surface area (Å²) < 4.78 is 5.98. The molecule has 0 unspecified atom stereocenters. The minimum absolute atomic E-state index is 0.246. The second-order valence-electron chi connectivity index (χ2n) is 5.14. The van der Waals surface area contributed by atoms with Crippen molar-refractivity contribution in [3.8, 4) is 0 Å². The smallest absolute Gasteiger partial charge is 0.306 e. The van der Waals surface area contributed by atoms with Crippen LogP contribution in [0.25, 0.3) is 0 Å². The summed E-state index contributed by atoms with van der Waals surface area (Å²) in [5, 5.41) is 2.71.